The molecule has 1 aliphatic rings. The molecule has 0 aliphatic carbocycles. The van der Waals surface area contributed by atoms with Gasteiger partial charge in [0, 0.05) is 27.2 Å². The summed E-state index contributed by atoms with van der Waals surface area (Å²) in [5, 5.41) is 2.71. The predicted octanol–water partition coefficient (Wildman–Crippen LogP) is -0.495. The fourth-order valence-corrected chi connectivity index (χ4v) is 1.60. The molecular formula is C10H19N3O3. The van der Waals surface area contributed by atoms with Crippen LogP contribution in [0.25, 0.3) is 0 Å². The number of carbonyl (C=O) groups is 2. The van der Waals surface area contributed by atoms with Gasteiger partial charge in [-0.2, -0.15) is 0 Å². The number of likely N-dealkylation sites (N-methyl/N-ethyl adjacent to an activating group) is 1. The smallest absolute Gasteiger partial charge is 0.320 e. The molecule has 1 aliphatic heterocycles. The SMILES string of the molecule is CCNC(=O)C1COCCN1C(=O)N(C)C. The normalized spacial score (nSPS) is 20.4. The number of hydrogen-bond acceptors (Lipinski definition) is 3. The van der Waals surface area contributed by atoms with Crippen molar-refractivity contribution in [3.05, 3.63) is 0 Å². The Morgan fingerprint density at radius 3 is 2.75 bits per heavy atom. The molecule has 16 heavy (non-hydrogen) atoms. The molecule has 1 atom stereocenters. The third kappa shape index (κ3) is 2.85. The first-order valence-corrected chi connectivity index (χ1v) is 5.41. The molecule has 0 saturated carbocycles. The summed E-state index contributed by atoms with van der Waals surface area (Å²) in [6.45, 7) is 3.61. The number of morpholine rings is 1. The Morgan fingerprint density at radius 2 is 2.19 bits per heavy atom. The molecule has 0 bridgehead atoms. The van der Waals surface area contributed by atoms with Crippen molar-refractivity contribution < 1.29 is 14.3 Å². The second-order valence-electron chi connectivity index (χ2n) is 3.86. The Hall–Kier alpha value is -1.30. The van der Waals surface area contributed by atoms with Gasteiger partial charge in [0.15, 0.2) is 0 Å². The van der Waals surface area contributed by atoms with Crippen molar-refractivity contribution in [3.63, 3.8) is 0 Å². The molecule has 0 aromatic rings. The Morgan fingerprint density at radius 1 is 1.50 bits per heavy atom. The first-order chi connectivity index (χ1) is 7.57. The molecular weight excluding hydrogens is 210 g/mol. The first kappa shape index (κ1) is 12.8. The van der Waals surface area contributed by atoms with Crippen molar-refractivity contribution in [2.45, 2.75) is 13.0 Å². The van der Waals surface area contributed by atoms with Crippen LogP contribution in [-0.2, 0) is 9.53 Å². The number of ether oxygens (including phenoxy) is 1. The summed E-state index contributed by atoms with van der Waals surface area (Å²) in [6, 6.07) is -0.664. The van der Waals surface area contributed by atoms with E-state index in [1.807, 2.05) is 6.92 Å². The summed E-state index contributed by atoms with van der Waals surface area (Å²) in [7, 11) is 3.35. The van der Waals surface area contributed by atoms with E-state index in [-0.39, 0.29) is 18.5 Å². The zero-order valence-corrected chi connectivity index (χ0v) is 10.0. The van der Waals surface area contributed by atoms with E-state index in [1.165, 1.54) is 4.90 Å². The third-order valence-corrected chi connectivity index (χ3v) is 2.41. The summed E-state index contributed by atoms with van der Waals surface area (Å²) in [5.41, 5.74) is 0. The van der Waals surface area contributed by atoms with Crippen molar-refractivity contribution in [1.29, 1.82) is 0 Å². The minimum atomic E-state index is -0.511. The van der Waals surface area contributed by atoms with E-state index in [0.717, 1.165) is 0 Å². The maximum Gasteiger partial charge on any atom is 0.320 e. The molecule has 0 aromatic carbocycles. The molecule has 6 heteroatoms. The molecule has 3 amide bonds. The van der Waals surface area contributed by atoms with Crippen LogP contribution in [0.15, 0.2) is 0 Å². The van der Waals surface area contributed by atoms with Gasteiger partial charge in [-0.15, -0.1) is 0 Å². The summed E-state index contributed by atoms with van der Waals surface area (Å²) in [4.78, 5) is 26.6. The molecule has 6 nitrogen and oxygen atoms in total. The lowest BCUT2D eigenvalue weighted by Crippen LogP contribution is -2.58. The van der Waals surface area contributed by atoms with E-state index in [9.17, 15) is 9.59 Å². The van der Waals surface area contributed by atoms with Crippen LogP contribution in [0, 0.1) is 0 Å². The van der Waals surface area contributed by atoms with E-state index in [0.29, 0.717) is 19.7 Å². The number of nitrogens with zero attached hydrogens (tertiary/aromatic N) is 2. The van der Waals surface area contributed by atoms with Gasteiger partial charge >= 0.3 is 6.03 Å². The Balaban J connectivity index is 2.71. The van der Waals surface area contributed by atoms with Crippen LogP contribution in [0.1, 0.15) is 6.92 Å². The molecule has 1 N–H and O–H groups in total. The lowest BCUT2D eigenvalue weighted by molar-refractivity contribution is -0.130. The Labute approximate surface area is 95.5 Å². The summed E-state index contributed by atoms with van der Waals surface area (Å²) < 4.78 is 5.24. The summed E-state index contributed by atoms with van der Waals surface area (Å²) in [6.07, 6.45) is 0. The highest BCUT2D eigenvalue weighted by molar-refractivity contribution is 5.87. The monoisotopic (exact) mass is 229 g/mol. The van der Waals surface area contributed by atoms with Crippen LogP contribution < -0.4 is 5.32 Å². The Kier molecular flexibility index (Phi) is 4.54. The van der Waals surface area contributed by atoms with Crippen LogP contribution in [0.5, 0.6) is 0 Å². The lowest BCUT2D eigenvalue weighted by Gasteiger charge is -2.35. The van der Waals surface area contributed by atoms with Crippen molar-refractivity contribution in [2.75, 3.05) is 40.4 Å². The zero-order chi connectivity index (χ0) is 12.1. The fourth-order valence-electron chi connectivity index (χ4n) is 1.60. The van der Waals surface area contributed by atoms with E-state index in [4.69, 9.17) is 4.74 Å². The van der Waals surface area contributed by atoms with Gasteiger partial charge in [0.25, 0.3) is 0 Å². The summed E-state index contributed by atoms with van der Waals surface area (Å²) >= 11 is 0. The van der Waals surface area contributed by atoms with Crippen LogP contribution in [0.2, 0.25) is 0 Å². The van der Waals surface area contributed by atoms with Gasteiger partial charge < -0.3 is 19.9 Å². The van der Waals surface area contributed by atoms with E-state index in [2.05, 4.69) is 5.32 Å². The average molecular weight is 229 g/mol. The highest BCUT2D eigenvalue weighted by Gasteiger charge is 2.33. The van der Waals surface area contributed by atoms with Crippen molar-refractivity contribution in [1.82, 2.24) is 15.1 Å². The van der Waals surface area contributed by atoms with Gasteiger partial charge in [-0.05, 0) is 6.92 Å². The van der Waals surface area contributed by atoms with E-state index >= 15 is 0 Å². The third-order valence-electron chi connectivity index (χ3n) is 2.41. The minimum Gasteiger partial charge on any atom is -0.377 e. The fraction of sp³-hybridized carbons (Fsp3) is 0.800. The second kappa shape index (κ2) is 5.69. The largest absolute Gasteiger partial charge is 0.377 e. The predicted molar refractivity (Wildman–Crippen MR) is 59.1 cm³/mol. The number of urea groups is 1. The molecule has 1 rings (SSSR count). The van der Waals surface area contributed by atoms with Crippen LogP contribution in [-0.4, -0.2) is 68.2 Å². The highest BCUT2D eigenvalue weighted by Crippen LogP contribution is 2.09. The molecule has 0 radical (unpaired) electrons. The Bertz CT molecular complexity index is 268. The number of amides is 3. The van der Waals surface area contributed by atoms with Gasteiger partial charge in [0.05, 0.1) is 13.2 Å². The van der Waals surface area contributed by atoms with Crippen molar-refractivity contribution in [3.8, 4) is 0 Å². The van der Waals surface area contributed by atoms with Gasteiger partial charge in [0.1, 0.15) is 6.04 Å². The molecule has 0 spiro atoms. The van der Waals surface area contributed by atoms with Gasteiger partial charge in [-0.25, -0.2) is 4.79 Å². The van der Waals surface area contributed by atoms with Crippen molar-refractivity contribution >= 4 is 11.9 Å². The standard InChI is InChI=1S/C10H19N3O3/c1-4-11-9(14)8-7-16-6-5-13(8)10(15)12(2)3/h8H,4-7H2,1-3H3,(H,11,14). The molecule has 1 heterocycles. The number of nitrogens with one attached hydrogen (secondary N) is 1. The molecule has 0 aromatic heterocycles. The van der Waals surface area contributed by atoms with Gasteiger partial charge in [0.2, 0.25) is 5.91 Å². The molecule has 1 fully saturated rings. The molecule has 92 valence electrons. The van der Waals surface area contributed by atoms with Gasteiger partial charge in [-0.1, -0.05) is 0 Å². The maximum absolute atomic E-state index is 11.8. The average Bonchev–Trinajstić information content (AvgIpc) is 2.28. The second-order valence-corrected chi connectivity index (χ2v) is 3.86. The molecule has 1 saturated heterocycles. The zero-order valence-electron chi connectivity index (χ0n) is 10.0. The number of hydrogen-bond donors (Lipinski definition) is 1. The number of carbonyl (C=O) groups excluding carboxylic acids is 2. The highest BCUT2D eigenvalue weighted by atomic mass is 16.5. The lowest BCUT2D eigenvalue weighted by atomic mass is 10.2. The van der Waals surface area contributed by atoms with Crippen molar-refractivity contribution in [2.24, 2.45) is 0 Å². The van der Waals surface area contributed by atoms with Gasteiger partial charge in [-0.3, -0.25) is 4.79 Å². The van der Waals surface area contributed by atoms with Crippen LogP contribution in [0.3, 0.4) is 0 Å². The quantitative estimate of drug-likeness (QED) is 0.694. The van der Waals surface area contributed by atoms with E-state index < -0.39 is 6.04 Å². The maximum atomic E-state index is 11.8. The van der Waals surface area contributed by atoms with E-state index in [1.54, 1.807) is 19.0 Å². The first-order valence-electron chi connectivity index (χ1n) is 5.41. The minimum absolute atomic E-state index is 0.153. The molecule has 1 unspecified atom stereocenters. The van der Waals surface area contributed by atoms with Crippen LogP contribution in [0.4, 0.5) is 4.79 Å². The topological polar surface area (TPSA) is 61.9 Å². The van der Waals surface area contributed by atoms with Crippen LogP contribution >= 0.6 is 0 Å². The summed E-state index contributed by atoms with van der Waals surface area (Å²) in [5.74, 6) is -0.155. The number of rotatable bonds is 2.